The van der Waals surface area contributed by atoms with E-state index in [1.807, 2.05) is 13.8 Å². The summed E-state index contributed by atoms with van der Waals surface area (Å²) in [6, 6.07) is 1.51. The van der Waals surface area contributed by atoms with Crippen molar-refractivity contribution in [1.82, 2.24) is 10.3 Å². The summed E-state index contributed by atoms with van der Waals surface area (Å²) in [5, 5.41) is 3.67. The molecule has 1 aromatic rings. The van der Waals surface area contributed by atoms with Gasteiger partial charge in [0.2, 0.25) is 0 Å². The van der Waals surface area contributed by atoms with Gasteiger partial charge < -0.3 is 5.32 Å². The van der Waals surface area contributed by atoms with Gasteiger partial charge in [-0.1, -0.05) is 25.4 Å². The first kappa shape index (κ1) is 13.4. The molecule has 1 heterocycles. The van der Waals surface area contributed by atoms with Crippen molar-refractivity contribution in [3.05, 3.63) is 28.8 Å². The number of nitrogens with zero attached hydrogens (tertiary/aromatic N) is 1. The van der Waals surface area contributed by atoms with Crippen LogP contribution in [0.25, 0.3) is 0 Å². The Bertz CT molecular complexity index is 344. The predicted octanol–water partition coefficient (Wildman–Crippen LogP) is 3.37. The van der Waals surface area contributed by atoms with Crippen LogP contribution in [0.3, 0.4) is 0 Å². The maximum absolute atomic E-state index is 13.6. The molecular formula is C12H18ClFN2. The Hall–Kier alpha value is -0.670. The molecule has 2 nitrogen and oxygen atoms in total. The minimum Gasteiger partial charge on any atom is -0.314 e. The molecule has 0 fully saturated rings. The molecule has 0 aliphatic heterocycles. The third kappa shape index (κ3) is 3.42. The van der Waals surface area contributed by atoms with Crippen molar-refractivity contribution < 1.29 is 4.39 Å². The molecule has 0 radical (unpaired) electrons. The van der Waals surface area contributed by atoms with E-state index < -0.39 is 0 Å². The molecule has 4 heteroatoms. The Morgan fingerprint density at radius 1 is 1.50 bits per heavy atom. The minimum atomic E-state index is -0.329. The summed E-state index contributed by atoms with van der Waals surface area (Å²) in [6.07, 6.45) is 2.55. The van der Waals surface area contributed by atoms with Crippen LogP contribution in [0.15, 0.2) is 12.3 Å². The van der Waals surface area contributed by atoms with Gasteiger partial charge in [-0.2, -0.15) is 0 Å². The third-order valence-electron chi connectivity index (χ3n) is 2.73. The zero-order valence-electron chi connectivity index (χ0n) is 9.93. The first-order valence-corrected chi connectivity index (χ1v) is 5.98. The van der Waals surface area contributed by atoms with Gasteiger partial charge in [-0.15, -0.1) is 0 Å². The monoisotopic (exact) mass is 244 g/mol. The van der Waals surface area contributed by atoms with Crippen molar-refractivity contribution in [3.63, 3.8) is 0 Å². The number of pyridine rings is 1. The molecule has 0 amide bonds. The van der Waals surface area contributed by atoms with Crippen LogP contribution in [0.2, 0.25) is 5.02 Å². The number of hydrogen-bond donors (Lipinski definition) is 1. The number of rotatable bonds is 5. The second-order valence-electron chi connectivity index (χ2n) is 4.05. The van der Waals surface area contributed by atoms with Gasteiger partial charge in [-0.05, 0) is 26.0 Å². The molecule has 0 aliphatic rings. The van der Waals surface area contributed by atoms with E-state index >= 15 is 0 Å². The van der Waals surface area contributed by atoms with Crippen LogP contribution >= 0.6 is 11.6 Å². The molecule has 0 aromatic carbocycles. The molecule has 0 saturated carbocycles. The van der Waals surface area contributed by atoms with Gasteiger partial charge in [0.15, 0.2) is 0 Å². The molecule has 1 N–H and O–H groups in total. The van der Waals surface area contributed by atoms with Crippen molar-refractivity contribution in [2.24, 2.45) is 0 Å². The lowest BCUT2D eigenvalue weighted by molar-refractivity contribution is 0.456. The maximum atomic E-state index is 13.6. The fourth-order valence-electron chi connectivity index (χ4n) is 1.55. The van der Waals surface area contributed by atoms with Crippen LogP contribution in [0, 0.1) is 5.82 Å². The molecule has 2 unspecified atom stereocenters. The summed E-state index contributed by atoms with van der Waals surface area (Å²) >= 11 is 5.67. The Morgan fingerprint density at radius 2 is 2.19 bits per heavy atom. The summed E-state index contributed by atoms with van der Waals surface area (Å²) in [7, 11) is 0. The standard InChI is InChI=1S/C12H18ClFN2/c1-4-5-15-9(3)8(2)12-11(14)6-10(13)7-16-12/h6-9,15H,4-5H2,1-3H3. The molecule has 0 spiro atoms. The van der Waals surface area contributed by atoms with E-state index in [4.69, 9.17) is 11.6 Å². The van der Waals surface area contributed by atoms with E-state index in [9.17, 15) is 4.39 Å². The van der Waals surface area contributed by atoms with Gasteiger partial charge in [-0.25, -0.2) is 4.39 Å². The zero-order valence-corrected chi connectivity index (χ0v) is 10.7. The maximum Gasteiger partial charge on any atom is 0.146 e. The normalized spacial score (nSPS) is 14.8. The third-order valence-corrected chi connectivity index (χ3v) is 2.94. The lowest BCUT2D eigenvalue weighted by Crippen LogP contribution is -2.32. The van der Waals surface area contributed by atoms with E-state index in [1.54, 1.807) is 0 Å². The number of hydrogen-bond acceptors (Lipinski definition) is 2. The lowest BCUT2D eigenvalue weighted by Gasteiger charge is -2.21. The molecule has 1 aromatic heterocycles. The number of nitrogens with one attached hydrogen (secondary N) is 1. The van der Waals surface area contributed by atoms with Crippen molar-refractivity contribution in [2.45, 2.75) is 39.2 Å². The molecule has 16 heavy (non-hydrogen) atoms. The van der Waals surface area contributed by atoms with Crippen LogP contribution < -0.4 is 5.32 Å². The topological polar surface area (TPSA) is 24.9 Å². The van der Waals surface area contributed by atoms with Gasteiger partial charge in [0, 0.05) is 18.2 Å². The second-order valence-corrected chi connectivity index (χ2v) is 4.49. The zero-order chi connectivity index (χ0) is 12.1. The first-order chi connectivity index (χ1) is 7.56. The second kappa shape index (κ2) is 6.16. The average Bonchev–Trinajstić information content (AvgIpc) is 2.25. The molecule has 2 atom stereocenters. The smallest absolute Gasteiger partial charge is 0.146 e. The highest BCUT2D eigenvalue weighted by Gasteiger charge is 2.18. The molecule has 1 rings (SSSR count). The van der Waals surface area contributed by atoms with Gasteiger partial charge in [-0.3, -0.25) is 4.98 Å². The summed E-state index contributed by atoms with van der Waals surface area (Å²) in [5.41, 5.74) is 0.473. The molecule has 0 bridgehead atoms. The van der Waals surface area contributed by atoms with Gasteiger partial charge >= 0.3 is 0 Å². The van der Waals surface area contributed by atoms with Gasteiger partial charge in [0.25, 0.3) is 0 Å². The van der Waals surface area contributed by atoms with Crippen molar-refractivity contribution in [3.8, 4) is 0 Å². The Kier molecular flexibility index (Phi) is 5.16. The van der Waals surface area contributed by atoms with Gasteiger partial charge in [0.1, 0.15) is 5.82 Å². The van der Waals surface area contributed by atoms with E-state index in [2.05, 4.69) is 17.2 Å². The Labute approximate surface area is 101 Å². The van der Waals surface area contributed by atoms with Crippen LogP contribution in [-0.4, -0.2) is 17.6 Å². The quantitative estimate of drug-likeness (QED) is 0.859. The number of aromatic nitrogens is 1. The summed E-state index contributed by atoms with van der Waals surface area (Å²) in [4.78, 5) is 4.06. The van der Waals surface area contributed by atoms with Crippen LogP contribution in [0.4, 0.5) is 4.39 Å². The van der Waals surface area contributed by atoms with Crippen molar-refractivity contribution >= 4 is 11.6 Å². The predicted molar refractivity (Wildman–Crippen MR) is 65.4 cm³/mol. The van der Waals surface area contributed by atoms with E-state index in [1.165, 1.54) is 12.3 Å². The van der Waals surface area contributed by atoms with E-state index in [0.29, 0.717) is 10.7 Å². The van der Waals surface area contributed by atoms with E-state index in [0.717, 1.165) is 13.0 Å². The SMILES string of the molecule is CCCNC(C)C(C)c1ncc(Cl)cc1F. The highest BCUT2D eigenvalue weighted by atomic mass is 35.5. The van der Waals surface area contributed by atoms with Crippen molar-refractivity contribution in [2.75, 3.05) is 6.54 Å². The van der Waals surface area contributed by atoms with Crippen LogP contribution in [0.5, 0.6) is 0 Å². The fraction of sp³-hybridized carbons (Fsp3) is 0.583. The minimum absolute atomic E-state index is 0.0313. The highest BCUT2D eigenvalue weighted by molar-refractivity contribution is 6.30. The Balaban J connectivity index is 2.75. The fourth-order valence-corrected chi connectivity index (χ4v) is 1.69. The molecule has 0 aliphatic carbocycles. The summed E-state index contributed by atoms with van der Waals surface area (Å²) < 4.78 is 13.6. The lowest BCUT2D eigenvalue weighted by atomic mass is 9.98. The summed E-state index contributed by atoms with van der Waals surface area (Å²) in [5.74, 6) is -0.297. The Morgan fingerprint density at radius 3 is 2.75 bits per heavy atom. The highest BCUT2D eigenvalue weighted by Crippen LogP contribution is 2.22. The number of halogens is 2. The van der Waals surface area contributed by atoms with Gasteiger partial charge in [0.05, 0.1) is 10.7 Å². The molecule has 0 saturated heterocycles. The van der Waals surface area contributed by atoms with Crippen LogP contribution in [-0.2, 0) is 0 Å². The summed E-state index contributed by atoms with van der Waals surface area (Å²) in [6.45, 7) is 7.04. The average molecular weight is 245 g/mol. The van der Waals surface area contributed by atoms with Crippen molar-refractivity contribution in [1.29, 1.82) is 0 Å². The van der Waals surface area contributed by atoms with E-state index in [-0.39, 0.29) is 17.8 Å². The largest absolute Gasteiger partial charge is 0.314 e. The molecule has 90 valence electrons. The van der Waals surface area contributed by atoms with Crippen LogP contribution in [0.1, 0.15) is 38.8 Å². The first-order valence-electron chi connectivity index (χ1n) is 5.60. The molecular weight excluding hydrogens is 227 g/mol.